The van der Waals surface area contributed by atoms with Gasteiger partial charge in [-0.3, -0.25) is 4.79 Å². The second-order valence-electron chi connectivity index (χ2n) is 4.56. The normalized spacial score (nSPS) is 11.7. The zero-order valence-electron chi connectivity index (χ0n) is 12.4. The lowest BCUT2D eigenvalue weighted by Crippen LogP contribution is -2.03. The summed E-state index contributed by atoms with van der Waals surface area (Å²) in [6.45, 7) is 11.5. The molecule has 0 heterocycles. The summed E-state index contributed by atoms with van der Waals surface area (Å²) in [7, 11) is 0. The number of nitrogens with two attached hydrogens (primary N) is 1. The van der Waals surface area contributed by atoms with Crippen molar-refractivity contribution in [1.29, 1.82) is 0 Å². The van der Waals surface area contributed by atoms with Crippen molar-refractivity contribution in [3.05, 3.63) is 47.2 Å². The Labute approximate surface area is 119 Å². The van der Waals surface area contributed by atoms with Crippen molar-refractivity contribution in [3.8, 4) is 5.75 Å². The Balaban J connectivity index is 3.49. The van der Waals surface area contributed by atoms with Crippen molar-refractivity contribution in [2.45, 2.75) is 27.7 Å². The fourth-order valence-corrected chi connectivity index (χ4v) is 2.01. The number of hydrogen-bond donors (Lipinski definition) is 1. The maximum Gasteiger partial charge on any atom is 0.159 e. The molecular weight excluding hydrogens is 254 g/mol. The summed E-state index contributed by atoms with van der Waals surface area (Å²) in [6.07, 6.45) is 0. The van der Waals surface area contributed by atoms with Crippen LogP contribution in [0.1, 0.15) is 43.6 Å². The molecule has 1 rings (SSSR count). The number of benzene rings is 1. The number of Topliss-reactive ketones (excluding diaryl/α,β-unsaturated/α-hetero) is 1. The quantitative estimate of drug-likeness (QED) is 0.373. The Hall–Kier alpha value is -2.07. The van der Waals surface area contributed by atoms with E-state index in [1.54, 1.807) is 19.1 Å². The van der Waals surface area contributed by atoms with Gasteiger partial charge in [0.15, 0.2) is 5.78 Å². The highest BCUT2D eigenvalue weighted by molar-refractivity contribution is 5.96. The molecule has 108 valence electrons. The molecule has 0 spiro atoms. The first-order valence-corrected chi connectivity index (χ1v) is 6.43. The lowest BCUT2D eigenvalue weighted by molar-refractivity contribution is 0.101. The number of allylic oxidation sites excluding steroid dienone is 3. The maximum absolute atomic E-state index is 11.6. The van der Waals surface area contributed by atoms with Crippen LogP contribution in [0.4, 0.5) is 0 Å². The molecule has 0 atom stereocenters. The molecule has 20 heavy (non-hydrogen) atoms. The van der Waals surface area contributed by atoms with Gasteiger partial charge in [0.1, 0.15) is 11.5 Å². The second kappa shape index (κ2) is 6.91. The van der Waals surface area contributed by atoms with Crippen LogP contribution in [0.15, 0.2) is 36.1 Å². The number of rotatable bonds is 6. The third kappa shape index (κ3) is 3.71. The van der Waals surface area contributed by atoms with Crippen LogP contribution in [0.3, 0.4) is 0 Å². The number of ether oxygens (including phenoxy) is 1. The number of carbonyl (C=O) groups is 1. The lowest BCUT2D eigenvalue weighted by Gasteiger charge is -2.14. The summed E-state index contributed by atoms with van der Waals surface area (Å²) in [5.74, 6) is 6.40. The maximum atomic E-state index is 11.6. The monoisotopic (exact) mass is 275 g/mol. The third-order valence-corrected chi connectivity index (χ3v) is 2.87. The number of carbonyl (C=O) groups excluding carboxylic acids is 1. The topological polar surface area (TPSA) is 61.6 Å². The Morgan fingerprint density at radius 1 is 1.20 bits per heavy atom. The summed E-state index contributed by atoms with van der Waals surface area (Å²) in [5.41, 5.74) is 2.96. The van der Waals surface area contributed by atoms with Gasteiger partial charge >= 0.3 is 0 Å². The highest BCUT2D eigenvalue weighted by atomic mass is 16.6. The number of ketones is 1. The minimum absolute atomic E-state index is 0.0276. The molecule has 0 fully saturated rings. The number of hydrogen-bond acceptors (Lipinski definition) is 4. The lowest BCUT2D eigenvalue weighted by atomic mass is 9.96. The second-order valence-corrected chi connectivity index (χ2v) is 4.56. The van der Waals surface area contributed by atoms with E-state index >= 15 is 0 Å². The van der Waals surface area contributed by atoms with Crippen LogP contribution in [-0.2, 0) is 4.84 Å². The predicted octanol–water partition coefficient (Wildman–Crippen LogP) is 3.49. The van der Waals surface area contributed by atoms with E-state index in [1.165, 1.54) is 6.92 Å². The van der Waals surface area contributed by atoms with E-state index in [4.69, 9.17) is 15.5 Å². The fourth-order valence-electron chi connectivity index (χ4n) is 2.01. The highest BCUT2D eigenvalue weighted by Crippen LogP contribution is 2.30. The summed E-state index contributed by atoms with van der Waals surface area (Å²) in [6, 6.07) is 5.36. The van der Waals surface area contributed by atoms with Crippen LogP contribution in [-0.4, -0.2) is 12.4 Å². The van der Waals surface area contributed by atoms with Crippen molar-refractivity contribution >= 4 is 11.4 Å². The molecule has 0 aliphatic rings. The van der Waals surface area contributed by atoms with Crippen molar-refractivity contribution in [1.82, 2.24) is 0 Å². The summed E-state index contributed by atoms with van der Waals surface area (Å²) in [4.78, 5) is 16.5. The average molecular weight is 275 g/mol. The van der Waals surface area contributed by atoms with E-state index in [9.17, 15) is 4.79 Å². The first kappa shape index (κ1) is 16.0. The van der Waals surface area contributed by atoms with Gasteiger partial charge in [0.2, 0.25) is 0 Å². The zero-order chi connectivity index (χ0) is 15.3. The zero-order valence-corrected chi connectivity index (χ0v) is 12.4. The first-order valence-electron chi connectivity index (χ1n) is 6.43. The Bertz CT molecular complexity index is 559. The van der Waals surface area contributed by atoms with Crippen molar-refractivity contribution in [2.75, 3.05) is 6.61 Å². The highest BCUT2D eigenvalue weighted by Gasteiger charge is 2.13. The molecule has 0 unspecified atom stereocenters. The van der Waals surface area contributed by atoms with Crippen molar-refractivity contribution < 1.29 is 14.4 Å². The largest absolute Gasteiger partial charge is 0.494 e. The molecule has 0 amide bonds. The van der Waals surface area contributed by atoms with Crippen LogP contribution in [0.2, 0.25) is 0 Å². The molecule has 0 saturated heterocycles. The summed E-state index contributed by atoms with van der Waals surface area (Å²) in [5, 5.41) is 0. The van der Waals surface area contributed by atoms with E-state index in [0.717, 1.165) is 16.7 Å². The molecule has 1 aromatic carbocycles. The van der Waals surface area contributed by atoms with E-state index in [0.29, 0.717) is 23.7 Å². The molecule has 0 radical (unpaired) electrons. The van der Waals surface area contributed by atoms with Crippen molar-refractivity contribution in [3.63, 3.8) is 0 Å². The minimum atomic E-state index is -0.0276. The summed E-state index contributed by atoms with van der Waals surface area (Å²) >= 11 is 0. The van der Waals surface area contributed by atoms with Gasteiger partial charge < -0.3 is 9.57 Å². The van der Waals surface area contributed by atoms with E-state index in [2.05, 4.69) is 6.58 Å². The van der Waals surface area contributed by atoms with E-state index in [1.807, 2.05) is 19.9 Å². The van der Waals surface area contributed by atoms with Crippen LogP contribution in [0.25, 0.3) is 5.57 Å². The van der Waals surface area contributed by atoms with E-state index < -0.39 is 0 Å². The van der Waals surface area contributed by atoms with Crippen LogP contribution in [0.5, 0.6) is 5.75 Å². The van der Waals surface area contributed by atoms with Gasteiger partial charge in [-0.25, -0.2) is 0 Å². The molecule has 0 aliphatic heterocycles. The smallest absolute Gasteiger partial charge is 0.159 e. The van der Waals surface area contributed by atoms with Crippen LogP contribution in [0, 0.1) is 0 Å². The van der Waals surface area contributed by atoms with Gasteiger partial charge in [-0.05, 0) is 57.0 Å². The molecule has 0 aromatic heterocycles. The van der Waals surface area contributed by atoms with Gasteiger partial charge in [0, 0.05) is 11.1 Å². The molecule has 0 saturated carbocycles. The molecule has 0 bridgehead atoms. The Kier molecular flexibility index (Phi) is 5.53. The van der Waals surface area contributed by atoms with E-state index in [-0.39, 0.29) is 5.78 Å². The van der Waals surface area contributed by atoms with Crippen molar-refractivity contribution in [2.24, 2.45) is 5.90 Å². The third-order valence-electron chi connectivity index (χ3n) is 2.87. The van der Waals surface area contributed by atoms with Gasteiger partial charge in [0.25, 0.3) is 0 Å². The van der Waals surface area contributed by atoms with Crippen LogP contribution < -0.4 is 10.6 Å². The molecular formula is C16H21NO3. The predicted molar refractivity (Wildman–Crippen MR) is 80.3 cm³/mol. The first-order chi connectivity index (χ1) is 9.40. The SMILES string of the molecule is C=C(C)/C(=C(/C)ON)c1cc(OCC)cc(C(C)=O)c1. The van der Waals surface area contributed by atoms with Gasteiger partial charge in [0.05, 0.1) is 6.61 Å². The van der Waals surface area contributed by atoms with Crippen LogP contribution >= 0.6 is 0 Å². The van der Waals surface area contributed by atoms with Gasteiger partial charge in [-0.2, -0.15) is 5.90 Å². The Morgan fingerprint density at radius 2 is 1.80 bits per heavy atom. The summed E-state index contributed by atoms with van der Waals surface area (Å²) < 4.78 is 5.50. The Morgan fingerprint density at radius 3 is 2.25 bits per heavy atom. The van der Waals surface area contributed by atoms with Gasteiger partial charge in [-0.15, -0.1) is 0 Å². The standard InChI is InChI=1S/C16H21NO3/c1-6-19-15-8-13(11(4)18)7-14(9-15)16(10(2)3)12(5)20-17/h7-9H,2,6,17H2,1,3-5H3/b16-12+. The van der Waals surface area contributed by atoms with Gasteiger partial charge in [-0.1, -0.05) is 6.58 Å². The minimum Gasteiger partial charge on any atom is -0.494 e. The fraction of sp³-hybridized carbons (Fsp3) is 0.312. The molecule has 4 nitrogen and oxygen atoms in total. The molecule has 4 heteroatoms. The molecule has 0 aliphatic carbocycles. The molecule has 1 aromatic rings. The molecule has 2 N–H and O–H groups in total. The average Bonchev–Trinajstić information content (AvgIpc) is 2.38.